The lowest BCUT2D eigenvalue weighted by molar-refractivity contribution is 0.482. The molecule has 2 aromatic heterocycles. The summed E-state index contributed by atoms with van der Waals surface area (Å²) in [6, 6.07) is 10.4. The number of rotatable bonds is 8. The smallest absolute Gasteiger partial charge is 0.222 e. The van der Waals surface area contributed by atoms with Crippen molar-refractivity contribution in [2.45, 2.75) is 32.1 Å². The van der Waals surface area contributed by atoms with Gasteiger partial charge in [-0.3, -0.25) is 0 Å². The van der Waals surface area contributed by atoms with Gasteiger partial charge in [0.15, 0.2) is 0 Å². The predicted molar refractivity (Wildman–Crippen MR) is 135 cm³/mol. The van der Waals surface area contributed by atoms with Crippen LogP contribution >= 0.6 is 11.6 Å². The fourth-order valence-electron chi connectivity index (χ4n) is 4.29. The van der Waals surface area contributed by atoms with E-state index in [0.29, 0.717) is 23.7 Å². The Bertz CT molecular complexity index is 1190. The normalized spacial score (nSPS) is 19.9. The van der Waals surface area contributed by atoms with Crippen LogP contribution in [0.4, 0.5) is 11.6 Å². The van der Waals surface area contributed by atoms with Gasteiger partial charge < -0.3 is 15.6 Å². The van der Waals surface area contributed by atoms with Crippen LogP contribution in [0.5, 0.6) is 0 Å². The lowest BCUT2D eigenvalue weighted by Crippen LogP contribution is -2.15. The zero-order valence-electron chi connectivity index (χ0n) is 19.0. The number of nitrogens with zero attached hydrogens (tertiary/aromatic N) is 3. The van der Waals surface area contributed by atoms with E-state index in [1.165, 1.54) is 12.8 Å². The van der Waals surface area contributed by atoms with E-state index >= 15 is 0 Å². The summed E-state index contributed by atoms with van der Waals surface area (Å²) < 4.78 is 0. The number of halogens is 1. The van der Waals surface area contributed by atoms with Crippen molar-refractivity contribution in [1.29, 1.82) is 0 Å². The van der Waals surface area contributed by atoms with Gasteiger partial charge in [-0.1, -0.05) is 42.8 Å². The van der Waals surface area contributed by atoms with Gasteiger partial charge >= 0.3 is 0 Å². The van der Waals surface area contributed by atoms with Crippen LogP contribution in [0.2, 0.25) is 0 Å². The summed E-state index contributed by atoms with van der Waals surface area (Å²) in [7, 11) is 1.83. The third-order valence-corrected chi connectivity index (χ3v) is 6.62. The molecule has 5 rings (SSSR count). The molecule has 0 saturated heterocycles. The van der Waals surface area contributed by atoms with Gasteiger partial charge in [0, 0.05) is 42.0 Å². The van der Waals surface area contributed by atoms with Crippen LogP contribution in [0.1, 0.15) is 37.9 Å². The van der Waals surface area contributed by atoms with E-state index in [1.54, 1.807) is 6.20 Å². The molecule has 2 aliphatic rings. The van der Waals surface area contributed by atoms with Crippen molar-refractivity contribution < 1.29 is 0 Å². The topological polar surface area (TPSA) is 78.5 Å². The first-order chi connectivity index (χ1) is 16.1. The highest BCUT2D eigenvalue weighted by atomic mass is 35.5. The third-order valence-electron chi connectivity index (χ3n) is 6.36. The van der Waals surface area contributed by atoms with Crippen molar-refractivity contribution in [2.75, 3.05) is 24.2 Å². The highest BCUT2D eigenvalue weighted by Gasteiger charge is 2.29. The molecule has 1 fully saturated rings. The first-order valence-corrected chi connectivity index (χ1v) is 12.0. The number of aromatic amines is 1. The molecule has 2 atom stereocenters. The molecule has 0 aliphatic heterocycles. The summed E-state index contributed by atoms with van der Waals surface area (Å²) in [4.78, 5) is 17.4. The fourth-order valence-corrected chi connectivity index (χ4v) is 4.57. The van der Waals surface area contributed by atoms with E-state index in [9.17, 15) is 0 Å². The highest BCUT2D eigenvalue weighted by Crippen LogP contribution is 2.41. The second-order valence-electron chi connectivity index (χ2n) is 8.87. The second kappa shape index (κ2) is 9.40. The van der Waals surface area contributed by atoms with Gasteiger partial charge in [0.25, 0.3) is 0 Å². The number of hydrogen-bond acceptors (Lipinski definition) is 5. The van der Waals surface area contributed by atoms with Crippen LogP contribution in [-0.2, 0) is 0 Å². The van der Waals surface area contributed by atoms with Gasteiger partial charge in [0.1, 0.15) is 5.82 Å². The molecule has 2 aliphatic carbocycles. The predicted octanol–water partition coefficient (Wildman–Crippen LogP) is 6.20. The molecular weight excluding hydrogens is 432 g/mol. The zero-order valence-corrected chi connectivity index (χ0v) is 19.7. The van der Waals surface area contributed by atoms with E-state index < -0.39 is 0 Å². The van der Waals surface area contributed by atoms with Crippen LogP contribution in [0.3, 0.4) is 0 Å². The number of allylic oxidation sites excluding steroid dienone is 4. The summed E-state index contributed by atoms with van der Waals surface area (Å²) in [5, 5.41) is 7.45. The largest absolute Gasteiger partial charge is 0.385 e. The summed E-state index contributed by atoms with van der Waals surface area (Å²) >= 11 is 6.12. The number of benzene rings is 1. The fraction of sp³-hybridized carbons (Fsp3) is 0.346. The maximum atomic E-state index is 6.12. The molecule has 33 heavy (non-hydrogen) atoms. The number of anilines is 2. The van der Waals surface area contributed by atoms with E-state index in [4.69, 9.17) is 16.6 Å². The van der Waals surface area contributed by atoms with E-state index in [-0.39, 0.29) is 0 Å². The van der Waals surface area contributed by atoms with Crippen molar-refractivity contribution in [3.05, 3.63) is 65.6 Å². The van der Waals surface area contributed by atoms with Crippen molar-refractivity contribution in [3.8, 4) is 22.6 Å². The van der Waals surface area contributed by atoms with Crippen molar-refractivity contribution >= 4 is 23.2 Å². The molecule has 1 saturated carbocycles. The van der Waals surface area contributed by atoms with Gasteiger partial charge in [0.05, 0.1) is 17.1 Å². The summed E-state index contributed by atoms with van der Waals surface area (Å²) in [6.45, 7) is 3.12. The number of aromatic nitrogens is 4. The maximum absolute atomic E-state index is 6.12. The molecule has 170 valence electrons. The molecule has 0 amide bonds. The quantitative estimate of drug-likeness (QED) is 0.373. The Balaban J connectivity index is 1.36. The number of imidazole rings is 1. The minimum atomic E-state index is 0.457. The Hall–Kier alpha value is -3.12. The maximum Gasteiger partial charge on any atom is 0.222 e. The number of nitrogens with one attached hydrogen (secondary N) is 3. The number of H-pyrrole nitrogens is 1. The van der Waals surface area contributed by atoms with Gasteiger partial charge in [-0.05, 0) is 55.4 Å². The van der Waals surface area contributed by atoms with Crippen LogP contribution in [-0.4, -0.2) is 33.5 Å². The Morgan fingerprint density at radius 3 is 2.85 bits per heavy atom. The molecule has 3 N–H and O–H groups in total. The zero-order chi connectivity index (χ0) is 22.8. The average molecular weight is 461 g/mol. The summed E-state index contributed by atoms with van der Waals surface area (Å²) in [6.07, 6.45) is 11.6. The van der Waals surface area contributed by atoms with E-state index in [0.717, 1.165) is 52.2 Å². The molecule has 0 bridgehead atoms. The lowest BCUT2D eigenvalue weighted by atomic mass is 9.87. The molecule has 0 spiro atoms. The minimum absolute atomic E-state index is 0.457. The molecule has 6 nitrogen and oxygen atoms in total. The van der Waals surface area contributed by atoms with Gasteiger partial charge in [-0.25, -0.2) is 15.0 Å². The summed E-state index contributed by atoms with van der Waals surface area (Å²) in [5.74, 6) is 3.13. The van der Waals surface area contributed by atoms with Crippen molar-refractivity contribution in [1.82, 2.24) is 19.9 Å². The van der Waals surface area contributed by atoms with Crippen molar-refractivity contribution in [2.24, 2.45) is 11.8 Å². The van der Waals surface area contributed by atoms with Gasteiger partial charge in [-0.2, -0.15) is 0 Å². The first kappa shape index (κ1) is 21.7. The standard InChI is InChI=1S/C26H29ClN6/c1-16-14-20(27)9-8-17(16)10-12-29-21-5-3-4-19(15-21)23-24(33-25(32-23)18-6-7-18)22-11-13-30-26(28-2)31-22/h3-5,8-9,11,13-18,29H,6-7,10,12H2,1-2H3,(H,32,33)(H,28,30,31). The third kappa shape index (κ3) is 4.96. The van der Waals surface area contributed by atoms with Gasteiger partial charge in [-0.15, -0.1) is 0 Å². The number of hydrogen-bond donors (Lipinski definition) is 3. The molecule has 0 radical (unpaired) electrons. The van der Waals surface area contributed by atoms with Crippen LogP contribution in [0, 0.1) is 11.8 Å². The Labute approximate surface area is 199 Å². The van der Waals surface area contributed by atoms with Crippen molar-refractivity contribution in [3.63, 3.8) is 0 Å². The van der Waals surface area contributed by atoms with E-state index in [1.807, 2.05) is 19.2 Å². The molecular formula is C26H29ClN6. The molecule has 1 aromatic carbocycles. The SMILES string of the molecule is CNc1nccc(-c2[nH]c(C3CC3)nc2-c2cccc(NCCC3C=CC(Cl)=CC3C)c2)n1. The lowest BCUT2D eigenvalue weighted by Gasteiger charge is -2.21. The second-order valence-corrected chi connectivity index (χ2v) is 9.30. The molecule has 7 heteroatoms. The van der Waals surface area contributed by atoms with Crippen LogP contribution in [0.25, 0.3) is 22.6 Å². The monoisotopic (exact) mass is 460 g/mol. The molecule has 2 heterocycles. The van der Waals surface area contributed by atoms with E-state index in [2.05, 4.69) is 68.9 Å². The summed E-state index contributed by atoms with van der Waals surface area (Å²) in [5.41, 5.74) is 4.88. The average Bonchev–Trinajstić information content (AvgIpc) is 3.59. The van der Waals surface area contributed by atoms with Crippen LogP contribution in [0.15, 0.2) is 59.8 Å². The molecule has 2 unspecified atom stereocenters. The Morgan fingerprint density at radius 2 is 2.06 bits per heavy atom. The highest BCUT2D eigenvalue weighted by molar-refractivity contribution is 6.31. The Morgan fingerprint density at radius 1 is 1.18 bits per heavy atom. The minimum Gasteiger partial charge on any atom is -0.385 e. The Kier molecular flexibility index (Phi) is 6.18. The van der Waals surface area contributed by atoms with Crippen LogP contribution < -0.4 is 10.6 Å². The first-order valence-electron chi connectivity index (χ1n) is 11.6. The molecule has 3 aromatic rings. The van der Waals surface area contributed by atoms with Gasteiger partial charge in [0.2, 0.25) is 5.95 Å².